The quantitative estimate of drug-likeness (QED) is 0.441. The first-order chi connectivity index (χ1) is 3.93. The van der Waals surface area contributed by atoms with E-state index in [1.165, 1.54) is 6.47 Å². The zero-order valence-electron chi connectivity index (χ0n) is 4.56. The van der Waals surface area contributed by atoms with Gasteiger partial charge in [-0.2, -0.15) is 0 Å². The first kappa shape index (κ1) is 8.47. The van der Waals surface area contributed by atoms with Gasteiger partial charge in [-0.05, 0) is 12.2 Å². The molecular formula is C6H5FeO2-. The van der Waals surface area contributed by atoms with Gasteiger partial charge in [0, 0.05) is 17.1 Å². The fraction of sp³-hybridized carbons (Fsp3) is 0.167. The van der Waals surface area contributed by atoms with E-state index in [-0.39, 0.29) is 23.2 Å². The van der Waals surface area contributed by atoms with Crippen molar-refractivity contribution in [3.05, 3.63) is 24.3 Å². The molecule has 1 rings (SSSR count). The molecule has 0 aromatic rings. The topological polar surface area (TPSA) is 26.3 Å². The van der Waals surface area contributed by atoms with E-state index in [0.29, 0.717) is 0 Å². The van der Waals surface area contributed by atoms with Crippen molar-refractivity contribution in [1.29, 1.82) is 0 Å². The van der Waals surface area contributed by atoms with Crippen LogP contribution in [0.3, 0.4) is 0 Å². The average molecular weight is 165 g/mol. The molecular weight excluding hydrogens is 160 g/mol. The molecule has 0 aromatic carbocycles. The zero-order valence-corrected chi connectivity index (χ0v) is 5.66. The zero-order chi connectivity index (χ0) is 5.82. The predicted octanol–water partition coefficient (Wildman–Crippen LogP) is 0.562. The molecule has 0 aromatic heterocycles. The standard InChI is InChI=1S/C6H5O2.Fe/c7-5-8-6-3-1-2-4-6;/h1-4,6H;/q-1;. The Labute approximate surface area is 64.0 Å². The third-order valence-corrected chi connectivity index (χ3v) is 0.897. The van der Waals surface area contributed by atoms with Crippen LogP contribution in [0, 0.1) is 0 Å². The van der Waals surface area contributed by atoms with Crippen LogP contribution >= 0.6 is 0 Å². The molecule has 0 bridgehead atoms. The van der Waals surface area contributed by atoms with Crippen molar-refractivity contribution in [2.75, 3.05) is 0 Å². The number of hydrogen-bond donors (Lipinski definition) is 0. The SMILES string of the molecule is O=[C-]OC1C=CC=C1.[Fe]. The van der Waals surface area contributed by atoms with Gasteiger partial charge in [-0.3, -0.25) is 0 Å². The van der Waals surface area contributed by atoms with Crippen LogP contribution < -0.4 is 0 Å². The van der Waals surface area contributed by atoms with Crippen LogP contribution in [0.1, 0.15) is 0 Å². The van der Waals surface area contributed by atoms with Gasteiger partial charge in [0.25, 0.3) is 0 Å². The molecule has 0 aliphatic heterocycles. The minimum Gasteiger partial charge on any atom is -0.645 e. The second-order valence-corrected chi connectivity index (χ2v) is 1.44. The minimum absolute atomic E-state index is 0. The van der Waals surface area contributed by atoms with Crippen LogP contribution in [-0.2, 0) is 26.6 Å². The van der Waals surface area contributed by atoms with Crippen molar-refractivity contribution in [3.8, 4) is 0 Å². The van der Waals surface area contributed by atoms with Crippen molar-refractivity contribution in [2.45, 2.75) is 6.10 Å². The molecule has 3 heteroatoms. The van der Waals surface area contributed by atoms with Gasteiger partial charge < -0.3 is 9.53 Å². The third-order valence-electron chi connectivity index (χ3n) is 0.897. The summed E-state index contributed by atoms with van der Waals surface area (Å²) in [5, 5.41) is 0. The summed E-state index contributed by atoms with van der Waals surface area (Å²) in [6.45, 7) is 1.36. The van der Waals surface area contributed by atoms with E-state index in [9.17, 15) is 4.79 Å². The maximum Gasteiger partial charge on any atom is 0.0989 e. The van der Waals surface area contributed by atoms with Crippen LogP contribution in [0.15, 0.2) is 24.3 Å². The summed E-state index contributed by atoms with van der Waals surface area (Å²) in [7, 11) is 0. The first-order valence-electron chi connectivity index (χ1n) is 2.31. The Kier molecular flexibility index (Phi) is 4.10. The molecule has 0 N–H and O–H groups in total. The second kappa shape index (κ2) is 4.36. The summed E-state index contributed by atoms with van der Waals surface area (Å²) in [4.78, 5) is 9.55. The molecule has 0 atom stereocenters. The van der Waals surface area contributed by atoms with Gasteiger partial charge in [0.2, 0.25) is 0 Å². The molecule has 0 radical (unpaired) electrons. The molecule has 0 spiro atoms. The Bertz CT molecular complexity index is 128. The Morgan fingerprint density at radius 2 is 1.89 bits per heavy atom. The largest absolute Gasteiger partial charge is 0.645 e. The predicted molar refractivity (Wildman–Crippen MR) is 28.8 cm³/mol. The molecule has 50 valence electrons. The molecule has 9 heavy (non-hydrogen) atoms. The van der Waals surface area contributed by atoms with Crippen molar-refractivity contribution >= 4 is 6.47 Å². The van der Waals surface area contributed by atoms with Crippen LogP contribution in [0.2, 0.25) is 0 Å². The van der Waals surface area contributed by atoms with E-state index < -0.39 is 0 Å². The van der Waals surface area contributed by atoms with E-state index in [0.717, 1.165) is 0 Å². The molecule has 1 aliphatic carbocycles. The Balaban J connectivity index is 0.000000640. The molecule has 0 fully saturated rings. The molecule has 0 unspecified atom stereocenters. The maximum atomic E-state index is 9.55. The fourth-order valence-electron chi connectivity index (χ4n) is 0.546. The maximum absolute atomic E-state index is 9.55. The van der Waals surface area contributed by atoms with Crippen LogP contribution in [0.25, 0.3) is 0 Å². The van der Waals surface area contributed by atoms with Gasteiger partial charge in [0.05, 0.1) is 6.10 Å². The molecule has 0 saturated carbocycles. The molecule has 2 nitrogen and oxygen atoms in total. The van der Waals surface area contributed by atoms with Gasteiger partial charge >= 0.3 is 0 Å². The normalized spacial score (nSPS) is 15.1. The second-order valence-electron chi connectivity index (χ2n) is 1.44. The van der Waals surface area contributed by atoms with Crippen LogP contribution in [0.4, 0.5) is 0 Å². The smallest absolute Gasteiger partial charge is 0.0989 e. The Morgan fingerprint density at radius 1 is 1.33 bits per heavy atom. The Hall–Kier alpha value is -0.531. The summed E-state index contributed by atoms with van der Waals surface area (Å²) in [6.07, 6.45) is 7.01. The summed E-state index contributed by atoms with van der Waals surface area (Å²) in [6, 6.07) is 0. The summed E-state index contributed by atoms with van der Waals surface area (Å²) >= 11 is 0. The first-order valence-corrected chi connectivity index (χ1v) is 2.31. The van der Waals surface area contributed by atoms with Crippen molar-refractivity contribution in [1.82, 2.24) is 0 Å². The van der Waals surface area contributed by atoms with E-state index in [2.05, 4.69) is 4.74 Å². The monoisotopic (exact) mass is 165 g/mol. The van der Waals surface area contributed by atoms with Crippen molar-refractivity contribution < 1.29 is 26.6 Å². The number of allylic oxidation sites excluding steroid dienone is 2. The minimum atomic E-state index is -0.174. The molecule has 0 amide bonds. The van der Waals surface area contributed by atoms with Gasteiger partial charge in [0.15, 0.2) is 0 Å². The van der Waals surface area contributed by atoms with Gasteiger partial charge in [-0.25, -0.2) is 0 Å². The van der Waals surface area contributed by atoms with Gasteiger partial charge in [-0.15, -0.1) is 0 Å². The summed E-state index contributed by atoms with van der Waals surface area (Å²) in [5.74, 6) is 0. The molecule has 0 heterocycles. The van der Waals surface area contributed by atoms with Crippen LogP contribution in [0.5, 0.6) is 0 Å². The number of ether oxygens (including phenoxy) is 1. The number of carbonyl (C=O) groups excluding carboxylic acids is 1. The third kappa shape index (κ3) is 2.49. The van der Waals surface area contributed by atoms with Gasteiger partial charge in [-0.1, -0.05) is 18.6 Å². The van der Waals surface area contributed by atoms with Gasteiger partial charge in [0.1, 0.15) is 0 Å². The fourth-order valence-corrected chi connectivity index (χ4v) is 0.546. The summed E-state index contributed by atoms with van der Waals surface area (Å²) < 4.78 is 4.42. The number of rotatable bonds is 2. The number of hydrogen-bond acceptors (Lipinski definition) is 2. The Morgan fingerprint density at radius 3 is 2.33 bits per heavy atom. The van der Waals surface area contributed by atoms with E-state index >= 15 is 0 Å². The van der Waals surface area contributed by atoms with E-state index in [1.54, 1.807) is 12.2 Å². The van der Waals surface area contributed by atoms with Crippen LogP contribution in [-0.4, -0.2) is 12.6 Å². The van der Waals surface area contributed by atoms with E-state index in [1.807, 2.05) is 12.2 Å². The van der Waals surface area contributed by atoms with Crippen molar-refractivity contribution in [3.63, 3.8) is 0 Å². The molecule has 0 saturated heterocycles. The van der Waals surface area contributed by atoms with Crippen molar-refractivity contribution in [2.24, 2.45) is 0 Å². The molecule has 1 aliphatic rings. The summed E-state index contributed by atoms with van der Waals surface area (Å²) in [5.41, 5.74) is 0. The van der Waals surface area contributed by atoms with E-state index in [4.69, 9.17) is 0 Å². The average Bonchev–Trinajstić information content (AvgIpc) is 2.19.